The van der Waals surface area contributed by atoms with E-state index in [0.717, 1.165) is 11.1 Å². The molecule has 0 fully saturated rings. The highest BCUT2D eigenvalue weighted by Crippen LogP contribution is 2.02. The van der Waals surface area contributed by atoms with Crippen LogP contribution in [0.3, 0.4) is 0 Å². The van der Waals surface area contributed by atoms with Crippen LogP contribution in [0.4, 0.5) is 0 Å². The Morgan fingerprint density at radius 3 is 1.30 bits per heavy atom. The molecule has 0 atom stereocenters. The molecule has 0 aliphatic rings. The fraction of sp³-hybridized carbons (Fsp3) is 0. The molecule has 0 saturated heterocycles. The molecule has 0 saturated carbocycles. The van der Waals surface area contributed by atoms with Crippen molar-refractivity contribution < 1.29 is 9.72 Å². The first-order valence-corrected chi connectivity index (χ1v) is 6.15. The summed E-state index contributed by atoms with van der Waals surface area (Å²) in [6, 6.07) is 18.6. The number of rotatable bonds is 4. The monoisotopic (exact) mass is 266 g/mol. The van der Waals surface area contributed by atoms with Gasteiger partial charge in [0.05, 0.1) is 9.72 Å². The summed E-state index contributed by atoms with van der Waals surface area (Å²) in [6.07, 6.45) is 5.51. The summed E-state index contributed by atoms with van der Waals surface area (Å²) in [7, 11) is 0. The summed E-state index contributed by atoms with van der Waals surface area (Å²) < 4.78 is 0. The first kappa shape index (κ1) is 13.5. The van der Waals surface area contributed by atoms with Gasteiger partial charge in [-0.2, -0.15) is 0 Å². The summed E-state index contributed by atoms with van der Waals surface area (Å²) in [6.45, 7) is 0. The minimum atomic E-state index is 0.229. The highest BCUT2D eigenvalue weighted by Gasteiger charge is 1.98. The lowest BCUT2D eigenvalue weighted by atomic mass is 10.2. The van der Waals surface area contributed by atoms with E-state index in [1.807, 2.05) is 60.7 Å². The standard InChI is InChI=1S/C16H14N2O2/c19-17(13-11-15-7-3-1-4-8-15)18(20)14-12-16-9-5-2-6-10-16/h1-14H/b13-11-,14-12+,18-17+. The lowest BCUT2D eigenvalue weighted by Crippen LogP contribution is -2.05. The highest BCUT2D eigenvalue weighted by molar-refractivity contribution is 5.47. The molecule has 0 bridgehead atoms. The lowest BCUT2D eigenvalue weighted by Gasteiger charge is -1.95. The second-order valence-electron chi connectivity index (χ2n) is 4.06. The fourth-order valence-electron chi connectivity index (χ4n) is 1.56. The maximum absolute atomic E-state index is 11.5. The molecule has 0 radical (unpaired) electrons. The average molecular weight is 266 g/mol. The van der Waals surface area contributed by atoms with Crippen molar-refractivity contribution in [2.24, 2.45) is 0 Å². The maximum Gasteiger partial charge on any atom is 0.253 e. The highest BCUT2D eigenvalue weighted by atomic mass is 16.6. The van der Waals surface area contributed by atoms with Gasteiger partial charge in [-0.3, -0.25) is 0 Å². The quantitative estimate of drug-likeness (QED) is 0.480. The minimum absolute atomic E-state index is 0.229. The summed E-state index contributed by atoms with van der Waals surface area (Å²) in [4.78, 5) is 0.457. The lowest BCUT2D eigenvalue weighted by molar-refractivity contribution is -0.911. The van der Waals surface area contributed by atoms with Crippen LogP contribution < -0.4 is 0 Å². The third kappa shape index (κ3) is 4.10. The first-order chi connectivity index (χ1) is 9.75. The van der Waals surface area contributed by atoms with Crippen molar-refractivity contribution in [3.63, 3.8) is 0 Å². The Morgan fingerprint density at radius 2 is 0.950 bits per heavy atom. The first-order valence-electron chi connectivity index (χ1n) is 6.15. The summed E-state index contributed by atoms with van der Waals surface area (Å²) in [5.74, 6) is 0. The van der Waals surface area contributed by atoms with Crippen LogP contribution in [-0.4, -0.2) is 9.72 Å². The van der Waals surface area contributed by atoms with Crippen LogP contribution >= 0.6 is 0 Å². The third-order valence-corrected chi connectivity index (χ3v) is 2.58. The summed E-state index contributed by atoms with van der Waals surface area (Å²) in [5, 5.41) is 23.1. The van der Waals surface area contributed by atoms with Gasteiger partial charge in [-0.15, -0.1) is 0 Å². The molecule has 0 aliphatic carbocycles. The third-order valence-electron chi connectivity index (χ3n) is 2.58. The molecular formula is C16H14N2O2. The Labute approximate surface area is 117 Å². The average Bonchev–Trinajstić information content (AvgIpc) is 2.52. The van der Waals surface area contributed by atoms with Gasteiger partial charge in [0.1, 0.15) is 0 Å². The van der Waals surface area contributed by atoms with E-state index < -0.39 is 0 Å². The van der Waals surface area contributed by atoms with Crippen molar-refractivity contribution in [1.29, 1.82) is 0 Å². The van der Waals surface area contributed by atoms with Gasteiger partial charge < -0.3 is 10.4 Å². The van der Waals surface area contributed by atoms with Crippen LogP contribution in [0, 0.1) is 10.4 Å². The van der Waals surface area contributed by atoms with E-state index in [0.29, 0.717) is 0 Å². The normalized spacial score (nSPS) is 12.8. The van der Waals surface area contributed by atoms with Gasteiger partial charge in [-0.25, -0.2) is 0 Å². The van der Waals surface area contributed by atoms with Crippen molar-refractivity contribution in [2.45, 2.75) is 0 Å². The zero-order valence-electron chi connectivity index (χ0n) is 10.8. The Bertz CT molecular complexity index is 575. The van der Waals surface area contributed by atoms with Crippen molar-refractivity contribution in [3.05, 3.63) is 94.6 Å². The predicted molar refractivity (Wildman–Crippen MR) is 78.2 cm³/mol. The minimum Gasteiger partial charge on any atom is -0.561 e. The Balaban J connectivity index is 2.08. The van der Waals surface area contributed by atoms with Crippen LogP contribution in [0.2, 0.25) is 0 Å². The summed E-state index contributed by atoms with van der Waals surface area (Å²) in [5.41, 5.74) is 1.71. The molecule has 0 amide bonds. The van der Waals surface area contributed by atoms with E-state index in [9.17, 15) is 10.4 Å². The fourth-order valence-corrected chi connectivity index (χ4v) is 1.56. The molecule has 0 aliphatic heterocycles. The maximum atomic E-state index is 11.5. The van der Waals surface area contributed by atoms with Gasteiger partial charge in [0, 0.05) is 12.2 Å². The molecule has 2 aromatic carbocycles. The molecular weight excluding hydrogens is 252 g/mol. The van der Waals surface area contributed by atoms with E-state index in [2.05, 4.69) is 0 Å². The Hall–Kier alpha value is -2.88. The van der Waals surface area contributed by atoms with Crippen molar-refractivity contribution in [1.82, 2.24) is 0 Å². The van der Waals surface area contributed by atoms with E-state index in [1.54, 1.807) is 12.2 Å². The zero-order chi connectivity index (χ0) is 14.2. The number of azo groups is 1. The number of hydrogen-bond acceptors (Lipinski definition) is 2. The van der Waals surface area contributed by atoms with Crippen LogP contribution in [0.1, 0.15) is 11.1 Å². The van der Waals surface area contributed by atoms with Gasteiger partial charge in [-0.1, -0.05) is 60.7 Å². The van der Waals surface area contributed by atoms with Crippen LogP contribution in [0.25, 0.3) is 12.2 Å². The van der Waals surface area contributed by atoms with Crippen LogP contribution in [0.5, 0.6) is 0 Å². The zero-order valence-corrected chi connectivity index (χ0v) is 10.8. The smallest absolute Gasteiger partial charge is 0.253 e. The van der Waals surface area contributed by atoms with Gasteiger partial charge in [0.15, 0.2) is 0 Å². The van der Waals surface area contributed by atoms with Crippen molar-refractivity contribution >= 4 is 12.2 Å². The van der Waals surface area contributed by atoms with Gasteiger partial charge in [0.2, 0.25) is 0 Å². The second-order valence-corrected chi connectivity index (χ2v) is 4.06. The van der Waals surface area contributed by atoms with E-state index in [-0.39, 0.29) is 9.72 Å². The molecule has 2 rings (SSSR count). The number of hydrogen-bond donors (Lipinski definition) is 0. The Kier molecular flexibility index (Phi) is 4.67. The predicted octanol–water partition coefficient (Wildman–Crippen LogP) is 3.80. The topological polar surface area (TPSA) is 52.1 Å². The molecule has 4 heteroatoms. The molecule has 20 heavy (non-hydrogen) atoms. The number of hydroxylamine groups is 2. The van der Waals surface area contributed by atoms with E-state index in [4.69, 9.17) is 0 Å². The van der Waals surface area contributed by atoms with Crippen LogP contribution in [-0.2, 0) is 0 Å². The van der Waals surface area contributed by atoms with Crippen LogP contribution in [0.15, 0.2) is 73.1 Å². The van der Waals surface area contributed by atoms with E-state index in [1.165, 1.54) is 12.4 Å². The number of benzene rings is 2. The number of nitrogens with zero attached hydrogens (tertiary/aromatic N) is 2. The van der Waals surface area contributed by atoms with E-state index >= 15 is 0 Å². The molecule has 100 valence electrons. The molecule has 0 spiro atoms. The Morgan fingerprint density at radius 1 is 0.600 bits per heavy atom. The molecule has 0 unspecified atom stereocenters. The summed E-state index contributed by atoms with van der Waals surface area (Å²) >= 11 is 0. The largest absolute Gasteiger partial charge is 0.561 e. The van der Waals surface area contributed by atoms with Crippen molar-refractivity contribution in [2.75, 3.05) is 0 Å². The van der Waals surface area contributed by atoms with Gasteiger partial charge >= 0.3 is 0 Å². The molecule has 0 aromatic heterocycles. The van der Waals surface area contributed by atoms with Gasteiger partial charge in [0.25, 0.3) is 12.4 Å². The molecule has 2 aromatic rings. The van der Waals surface area contributed by atoms with Crippen molar-refractivity contribution in [3.8, 4) is 0 Å². The SMILES string of the molecule is [O-][N+](/C=C\c1ccccc1)=[N+]([O-])\C=C\c1ccccc1. The molecule has 0 heterocycles. The molecule has 4 nitrogen and oxygen atoms in total. The molecule has 0 N–H and O–H groups in total. The second kappa shape index (κ2) is 6.89. The van der Waals surface area contributed by atoms with Gasteiger partial charge in [-0.05, 0) is 11.1 Å².